The summed E-state index contributed by atoms with van der Waals surface area (Å²) >= 11 is 0.987. The highest BCUT2D eigenvalue weighted by molar-refractivity contribution is 7.91. The molecule has 1 aromatic rings. The van der Waals surface area contributed by atoms with Gasteiger partial charge >= 0.3 is 0 Å². The Morgan fingerprint density at radius 3 is 2.38 bits per heavy atom. The molecule has 0 amide bonds. The lowest BCUT2D eigenvalue weighted by molar-refractivity contribution is 0.384. The van der Waals surface area contributed by atoms with Crippen LogP contribution in [-0.2, 0) is 26.6 Å². The Kier molecular flexibility index (Phi) is 5.42. The molecule has 3 N–H and O–H groups in total. The molecule has 1 aliphatic carbocycles. The highest BCUT2D eigenvalue weighted by atomic mass is 32.2. The quantitative estimate of drug-likeness (QED) is 0.807. The average molecular weight is 353 g/mol. The number of hydrogen-bond acceptors (Lipinski definition) is 5. The highest BCUT2D eigenvalue weighted by Crippen LogP contribution is 2.25. The third-order valence-corrected chi connectivity index (χ3v) is 7.58. The Balaban J connectivity index is 1.90. The normalized spacial score (nSPS) is 18.0. The van der Waals surface area contributed by atoms with Crippen LogP contribution in [0.3, 0.4) is 0 Å². The summed E-state index contributed by atoms with van der Waals surface area (Å²) in [6, 6.07) is 2.97. The summed E-state index contributed by atoms with van der Waals surface area (Å²) in [4.78, 5) is 0.631. The van der Waals surface area contributed by atoms with Crippen LogP contribution in [0.25, 0.3) is 0 Å². The van der Waals surface area contributed by atoms with E-state index in [2.05, 4.69) is 4.72 Å². The van der Waals surface area contributed by atoms with E-state index in [1.54, 1.807) is 6.07 Å². The molecule has 0 spiro atoms. The van der Waals surface area contributed by atoms with Crippen molar-refractivity contribution >= 4 is 31.4 Å². The second-order valence-electron chi connectivity index (χ2n) is 5.37. The first-order valence-corrected chi connectivity index (χ1v) is 10.9. The van der Waals surface area contributed by atoms with E-state index >= 15 is 0 Å². The molecular weight excluding hydrogens is 332 g/mol. The number of nitrogens with two attached hydrogens (primary N) is 1. The SMILES string of the molecule is NS(=O)(=O)c1ccc(CNS(=O)(=O)CC2CCCCC2)s1. The van der Waals surface area contributed by atoms with Gasteiger partial charge in [-0.1, -0.05) is 19.3 Å². The van der Waals surface area contributed by atoms with Crippen LogP contribution in [0.4, 0.5) is 0 Å². The fourth-order valence-corrected chi connectivity index (χ4v) is 5.77. The fraction of sp³-hybridized carbons (Fsp3) is 0.667. The van der Waals surface area contributed by atoms with Gasteiger partial charge < -0.3 is 0 Å². The summed E-state index contributed by atoms with van der Waals surface area (Å²) in [5.74, 6) is 0.389. The molecule has 120 valence electrons. The molecule has 0 saturated heterocycles. The second-order valence-corrected chi connectivity index (χ2v) is 10.2. The predicted octanol–water partition coefficient (Wildman–Crippen LogP) is 1.40. The summed E-state index contributed by atoms with van der Waals surface area (Å²) in [5, 5.41) is 5.02. The summed E-state index contributed by atoms with van der Waals surface area (Å²) in [5.41, 5.74) is 0. The Hall–Kier alpha value is -0.480. The highest BCUT2D eigenvalue weighted by Gasteiger charge is 2.21. The molecule has 1 heterocycles. The van der Waals surface area contributed by atoms with Crippen LogP contribution in [0, 0.1) is 5.92 Å². The molecule has 6 nitrogen and oxygen atoms in total. The van der Waals surface area contributed by atoms with E-state index < -0.39 is 20.0 Å². The van der Waals surface area contributed by atoms with Crippen molar-refractivity contribution in [2.45, 2.75) is 42.9 Å². The number of rotatable bonds is 6. The molecule has 2 rings (SSSR count). The summed E-state index contributed by atoms with van der Waals surface area (Å²) in [6.07, 6.45) is 5.33. The van der Waals surface area contributed by atoms with Crippen molar-refractivity contribution in [3.8, 4) is 0 Å². The van der Waals surface area contributed by atoms with Crippen molar-refractivity contribution in [3.63, 3.8) is 0 Å². The molecule has 1 saturated carbocycles. The standard InChI is InChI=1S/C12H20N2O4S3/c13-21(17,18)12-7-6-11(19-12)8-14-20(15,16)9-10-4-2-1-3-5-10/h6-7,10,14H,1-5,8-9H2,(H2,13,17,18). The molecule has 1 fully saturated rings. The van der Waals surface area contributed by atoms with Gasteiger partial charge in [-0.15, -0.1) is 11.3 Å². The van der Waals surface area contributed by atoms with Gasteiger partial charge in [0, 0.05) is 11.4 Å². The zero-order valence-electron chi connectivity index (χ0n) is 11.6. The summed E-state index contributed by atoms with van der Waals surface area (Å²) < 4.78 is 49.0. The van der Waals surface area contributed by atoms with Gasteiger partial charge in [-0.05, 0) is 30.9 Å². The first-order chi connectivity index (χ1) is 9.76. The minimum absolute atomic E-state index is 0.0454. The van der Waals surface area contributed by atoms with Crippen molar-refractivity contribution in [1.29, 1.82) is 0 Å². The van der Waals surface area contributed by atoms with Gasteiger partial charge in [0.1, 0.15) is 4.21 Å². The van der Waals surface area contributed by atoms with Gasteiger partial charge in [-0.25, -0.2) is 26.7 Å². The van der Waals surface area contributed by atoms with E-state index in [4.69, 9.17) is 5.14 Å². The molecule has 1 aliphatic rings. The number of primary sulfonamides is 1. The van der Waals surface area contributed by atoms with Gasteiger partial charge in [0.2, 0.25) is 20.0 Å². The number of sulfonamides is 2. The Labute approximate surface area is 129 Å². The van der Waals surface area contributed by atoms with Crippen LogP contribution >= 0.6 is 11.3 Å². The molecule has 0 bridgehead atoms. The van der Waals surface area contributed by atoms with Crippen LogP contribution in [-0.4, -0.2) is 22.6 Å². The Morgan fingerprint density at radius 1 is 1.14 bits per heavy atom. The van der Waals surface area contributed by atoms with Crippen LogP contribution in [0.5, 0.6) is 0 Å². The van der Waals surface area contributed by atoms with Crippen molar-refractivity contribution in [2.75, 3.05) is 5.75 Å². The van der Waals surface area contributed by atoms with E-state index in [1.165, 1.54) is 12.5 Å². The molecule has 21 heavy (non-hydrogen) atoms. The van der Waals surface area contributed by atoms with Gasteiger partial charge in [0.25, 0.3) is 0 Å². The van der Waals surface area contributed by atoms with E-state index in [0.717, 1.165) is 37.0 Å². The maximum atomic E-state index is 12.0. The van der Waals surface area contributed by atoms with Crippen LogP contribution in [0.15, 0.2) is 16.3 Å². The number of hydrogen-bond donors (Lipinski definition) is 2. The molecule has 0 aliphatic heterocycles. The van der Waals surface area contributed by atoms with Crippen molar-refractivity contribution in [2.24, 2.45) is 11.1 Å². The molecule has 0 aromatic carbocycles. The predicted molar refractivity (Wildman–Crippen MR) is 82.9 cm³/mol. The van der Waals surface area contributed by atoms with Crippen molar-refractivity contribution in [1.82, 2.24) is 4.72 Å². The number of nitrogens with one attached hydrogen (secondary N) is 1. The van der Waals surface area contributed by atoms with Gasteiger partial charge in [0.05, 0.1) is 5.75 Å². The van der Waals surface area contributed by atoms with Crippen molar-refractivity contribution < 1.29 is 16.8 Å². The van der Waals surface area contributed by atoms with Crippen LogP contribution < -0.4 is 9.86 Å². The zero-order chi connectivity index (χ0) is 15.5. The van der Waals surface area contributed by atoms with Gasteiger partial charge in [-0.2, -0.15) is 0 Å². The average Bonchev–Trinajstić information content (AvgIpc) is 2.86. The van der Waals surface area contributed by atoms with E-state index in [1.807, 2.05) is 0 Å². The topological polar surface area (TPSA) is 106 Å². The molecular formula is C12H20N2O4S3. The monoisotopic (exact) mass is 352 g/mol. The van der Waals surface area contributed by atoms with E-state index in [-0.39, 0.29) is 22.4 Å². The first-order valence-electron chi connectivity index (χ1n) is 6.85. The van der Waals surface area contributed by atoms with E-state index in [0.29, 0.717) is 4.88 Å². The lowest BCUT2D eigenvalue weighted by Crippen LogP contribution is -2.30. The molecule has 0 atom stereocenters. The third-order valence-electron chi connectivity index (χ3n) is 3.56. The largest absolute Gasteiger partial charge is 0.247 e. The van der Waals surface area contributed by atoms with Crippen LogP contribution in [0.1, 0.15) is 37.0 Å². The lowest BCUT2D eigenvalue weighted by atomic mass is 9.91. The number of thiophene rings is 1. The molecule has 9 heteroatoms. The smallest absolute Gasteiger partial charge is 0.224 e. The maximum Gasteiger partial charge on any atom is 0.247 e. The fourth-order valence-electron chi connectivity index (χ4n) is 2.51. The zero-order valence-corrected chi connectivity index (χ0v) is 14.1. The second kappa shape index (κ2) is 6.74. The minimum Gasteiger partial charge on any atom is -0.224 e. The van der Waals surface area contributed by atoms with Crippen molar-refractivity contribution in [3.05, 3.63) is 17.0 Å². The Bertz CT molecular complexity index is 673. The molecule has 0 radical (unpaired) electrons. The van der Waals surface area contributed by atoms with Crippen LogP contribution in [0.2, 0.25) is 0 Å². The molecule has 0 unspecified atom stereocenters. The first kappa shape index (κ1) is 16.9. The third kappa shape index (κ3) is 5.33. The molecule has 1 aromatic heterocycles. The lowest BCUT2D eigenvalue weighted by Gasteiger charge is -2.21. The Morgan fingerprint density at radius 2 is 1.81 bits per heavy atom. The minimum atomic E-state index is -3.72. The van der Waals surface area contributed by atoms with Gasteiger partial charge in [-0.3, -0.25) is 0 Å². The maximum absolute atomic E-state index is 12.0. The summed E-state index contributed by atoms with van der Waals surface area (Å²) in [6.45, 7) is 0.106. The summed E-state index contributed by atoms with van der Waals surface area (Å²) in [7, 11) is -7.05. The van der Waals surface area contributed by atoms with E-state index in [9.17, 15) is 16.8 Å². The van der Waals surface area contributed by atoms with Gasteiger partial charge in [0.15, 0.2) is 0 Å².